The van der Waals surface area contributed by atoms with Crippen LogP contribution < -0.4 is 0 Å². The van der Waals surface area contributed by atoms with Crippen LogP contribution >= 0.6 is 0 Å². The van der Waals surface area contributed by atoms with E-state index >= 15 is 0 Å². The number of piperazine rings is 1. The third-order valence-corrected chi connectivity index (χ3v) is 5.12. The molecule has 2 amide bonds. The summed E-state index contributed by atoms with van der Waals surface area (Å²) in [6, 6.07) is -0.118. The van der Waals surface area contributed by atoms with Gasteiger partial charge in [0.2, 0.25) is 11.8 Å². The standard InChI is InChI=1S/C19H36N4O3/c1-14(2)18(23-11-15(3)26-16(4)12-23)19(25)22-9-7-21(8-10-22)17(24)13-20(5)6/h14-16,18H,7-13H2,1-6H3. The van der Waals surface area contributed by atoms with Crippen molar-refractivity contribution in [1.82, 2.24) is 19.6 Å². The number of amides is 2. The highest BCUT2D eigenvalue weighted by molar-refractivity contribution is 5.83. The first-order chi connectivity index (χ1) is 12.2. The van der Waals surface area contributed by atoms with Gasteiger partial charge in [-0.2, -0.15) is 0 Å². The number of carbonyl (C=O) groups is 2. The fourth-order valence-corrected chi connectivity index (χ4v) is 4.04. The normalized spacial score (nSPS) is 26.5. The predicted molar refractivity (Wildman–Crippen MR) is 102 cm³/mol. The molecule has 150 valence electrons. The molecule has 0 saturated carbocycles. The van der Waals surface area contributed by atoms with Crippen LogP contribution in [0, 0.1) is 5.92 Å². The maximum absolute atomic E-state index is 13.2. The molecule has 7 heteroatoms. The molecule has 0 aliphatic carbocycles. The van der Waals surface area contributed by atoms with Gasteiger partial charge in [0.05, 0.1) is 24.8 Å². The van der Waals surface area contributed by atoms with Crippen molar-refractivity contribution in [2.75, 3.05) is 59.9 Å². The zero-order valence-corrected chi connectivity index (χ0v) is 17.3. The number of carbonyl (C=O) groups excluding carboxylic acids is 2. The van der Waals surface area contributed by atoms with Gasteiger partial charge in [0, 0.05) is 39.3 Å². The van der Waals surface area contributed by atoms with Crippen LogP contribution in [0.4, 0.5) is 0 Å². The van der Waals surface area contributed by atoms with Gasteiger partial charge in [-0.25, -0.2) is 0 Å². The van der Waals surface area contributed by atoms with Gasteiger partial charge in [0.25, 0.3) is 0 Å². The van der Waals surface area contributed by atoms with E-state index in [1.54, 1.807) is 0 Å². The average Bonchev–Trinajstić information content (AvgIpc) is 2.53. The van der Waals surface area contributed by atoms with Gasteiger partial charge < -0.3 is 19.4 Å². The highest BCUT2D eigenvalue weighted by Gasteiger charge is 2.37. The molecule has 0 aromatic heterocycles. The number of hydrogen-bond donors (Lipinski definition) is 0. The van der Waals surface area contributed by atoms with E-state index < -0.39 is 0 Å². The third-order valence-electron chi connectivity index (χ3n) is 5.12. The van der Waals surface area contributed by atoms with Gasteiger partial charge in [-0.05, 0) is 33.9 Å². The van der Waals surface area contributed by atoms with Gasteiger partial charge >= 0.3 is 0 Å². The molecule has 2 aliphatic heterocycles. The van der Waals surface area contributed by atoms with Crippen molar-refractivity contribution in [2.45, 2.75) is 45.9 Å². The Hall–Kier alpha value is -1.18. The highest BCUT2D eigenvalue weighted by Crippen LogP contribution is 2.21. The van der Waals surface area contributed by atoms with Gasteiger partial charge in [-0.15, -0.1) is 0 Å². The number of ether oxygens (including phenoxy) is 1. The number of nitrogens with zero attached hydrogens (tertiary/aromatic N) is 4. The molecule has 2 aliphatic rings. The summed E-state index contributed by atoms with van der Waals surface area (Å²) in [5.74, 6) is 0.577. The molecule has 26 heavy (non-hydrogen) atoms. The lowest BCUT2D eigenvalue weighted by Gasteiger charge is -2.44. The first-order valence-corrected chi connectivity index (χ1v) is 9.79. The van der Waals surface area contributed by atoms with Crippen LogP contribution in [0.15, 0.2) is 0 Å². The average molecular weight is 369 g/mol. The van der Waals surface area contributed by atoms with Crippen molar-refractivity contribution in [3.05, 3.63) is 0 Å². The summed E-state index contributed by atoms with van der Waals surface area (Å²) in [6.45, 7) is 12.9. The molecule has 2 fully saturated rings. The number of hydrogen-bond acceptors (Lipinski definition) is 5. The van der Waals surface area contributed by atoms with Crippen LogP contribution in [0.2, 0.25) is 0 Å². The molecule has 0 N–H and O–H groups in total. The minimum atomic E-state index is -0.118. The summed E-state index contributed by atoms with van der Waals surface area (Å²) in [6.07, 6.45) is 0.293. The first kappa shape index (κ1) is 21.1. The third kappa shape index (κ3) is 5.41. The zero-order chi connectivity index (χ0) is 19.4. The van der Waals surface area contributed by atoms with Crippen LogP contribution in [-0.2, 0) is 14.3 Å². The Balaban J connectivity index is 1.97. The van der Waals surface area contributed by atoms with Gasteiger partial charge in [0.1, 0.15) is 0 Å². The van der Waals surface area contributed by atoms with Crippen molar-refractivity contribution >= 4 is 11.8 Å². The molecule has 0 spiro atoms. The predicted octanol–water partition coefficient (Wildman–Crippen LogP) is 0.353. The van der Waals surface area contributed by atoms with Gasteiger partial charge in [-0.3, -0.25) is 14.5 Å². The lowest BCUT2D eigenvalue weighted by atomic mass is 9.98. The summed E-state index contributed by atoms with van der Waals surface area (Å²) in [5, 5.41) is 0. The second kappa shape index (κ2) is 9.15. The van der Waals surface area contributed by atoms with E-state index in [4.69, 9.17) is 4.74 Å². The molecule has 2 heterocycles. The molecule has 0 bridgehead atoms. The van der Waals surface area contributed by atoms with Crippen LogP contribution in [0.5, 0.6) is 0 Å². The SMILES string of the molecule is CC1CN(C(C(=O)N2CCN(C(=O)CN(C)C)CC2)C(C)C)CC(C)O1. The molecular weight excluding hydrogens is 332 g/mol. The van der Waals surface area contributed by atoms with Crippen molar-refractivity contribution in [3.8, 4) is 0 Å². The minimum absolute atomic E-state index is 0.118. The summed E-state index contributed by atoms with van der Waals surface area (Å²) < 4.78 is 5.83. The summed E-state index contributed by atoms with van der Waals surface area (Å²) in [5.41, 5.74) is 0. The quantitative estimate of drug-likeness (QED) is 0.701. The molecule has 0 aromatic rings. The topological polar surface area (TPSA) is 56.3 Å². The van der Waals surface area contributed by atoms with E-state index in [1.807, 2.05) is 28.8 Å². The largest absolute Gasteiger partial charge is 0.373 e. The smallest absolute Gasteiger partial charge is 0.240 e. The van der Waals surface area contributed by atoms with E-state index in [9.17, 15) is 9.59 Å². The van der Waals surface area contributed by atoms with E-state index in [0.717, 1.165) is 13.1 Å². The van der Waals surface area contributed by atoms with Crippen LogP contribution in [0.3, 0.4) is 0 Å². The van der Waals surface area contributed by atoms with Gasteiger partial charge in [-0.1, -0.05) is 13.8 Å². The lowest BCUT2D eigenvalue weighted by Crippen LogP contribution is -2.60. The van der Waals surface area contributed by atoms with E-state index in [2.05, 4.69) is 32.6 Å². The molecule has 0 radical (unpaired) electrons. The Morgan fingerprint density at radius 3 is 1.96 bits per heavy atom. The number of rotatable bonds is 5. The molecule has 2 rings (SSSR count). The molecule has 0 aromatic carbocycles. The fraction of sp³-hybridized carbons (Fsp3) is 0.895. The molecule has 2 saturated heterocycles. The molecule has 3 unspecified atom stereocenters. The van der Waals surface area contributed by atoms with E-state index in [-0.39, 0.29) is 36.0 Å². The summed E-state index contributed by atoms with van der Waals surface area (Å²) in [4.78, 5) is 33.4. The van der Waals surface area contributed by atoms with Crippen LogP contribution in [-0.4, -0.2) is 110 Å². The van der Waals surface area contributed by atoms with E-state index in [1.165, 1.54) is 0 Å². The second-order valence-electron chi connectivity index (χ2n) is 8.34. The Bertz CT molecular complexity index is 479. The second-order valence-corrected chi connectivity index (χ2v) is 8.34. The number of likely N-dealkylation sites (N-methyl/N-ethyl adjacent to an activating group) is 1. The maximum Gasteiger partial charge on any atom is 0.240 e. The first-order valence-electron chi connectivity index (χ1n) is 9.79. The zero-order valence-electron chi connectivity index (χ0n) is 17.3. The van der Waals surface area contributed by atoms with Crippen molar-refractivity contribution in [3.63, 3.8) is 0 Å². The maximum atomic E-state index is 13.2. The monoisotopic (exact) mass is 368 g/mol. The Morgan fingerprint density at radius 2 is 1.50 bits per heavy atom. The van der Waals surface area contributed by atoms with Crippen molar-refractivity contribution in [2.24, 2.45) is 5.92 Å². The molecular formula is C19H36N4O3. The summed E-state index contributed by atoms with van der Waals surface area (Å²) in [7, 11) is 3.80. The van der Waals surface area contributed by atoms with E-state index in [0.29, 0.717) is 32.7 Å². The Kier molecular flexibility index (Phi) is 7.43. The Labute approximate surface area is 158 Å². The minimum Gasteiger partial charge on any atom is -0.373 e. The Morgan fingerprint density at radius 1 is 1.00 bits per heavy atom. The lowest BCUT2D eigenvalue weighted by molar-refractivity contribution is -0.149. The van der Waals surface area contributed by atoms with Crippen LogP contribution in [0.1, 0.15) is 27.7 Å². The number of morpholine rings is 1. The van der Waals surface area contributed by atoms with Gasteiger partial charge in [0.15, 0.2) is 0 Å². The molecule has 3 atom stereocenters. The fourth-order valence-electron chi connectivity index (χ4n) is 4.04. The highest BCUT2D eigenvalue weighted by atomic mass is 16.5. The summed E-state index contributed by atoms with van der Waals surface area (Å²) >= 11 is 0. The molecule has 7 nitrogen and oxygen atoms in total. The van der Waals surface area contributed by atoms with Crippen molar-refractivity contribution < 1.29 is 14.3 Å². The van der Waals surface area contributed by atoms with Crippen molar-refractivity contribution in [1.29, 1.82) is 0 Å². The van der Waals surface area contributed by atoms with Crippen LogP contribution in [0.25, 0.3) is 0 Å².